The fourth-order valence-corrected chi connectivity index (χ4v) is 2.81. The predicted octanol–water partition coefficient (Wildman–Crippen LogP) is 5.20. The highest BCUT2D eigenvalue weighted by Crippen LogP contribution is 2.35. The third-order valence-electron chi connectivity index (χ3n) is 4.08. The molecule has 0 saturated heterocycles. The zero-order valence-electron chi connectivity index (χ0n) is 15.9. The monoisotopic (exact) mass is 427 g/mol. The first-order chi connectivity index (χ1) is 15.1. The Morgan fingerprint density at radius 2 is 1.87 bits per heavy atom. The van der Waals surface area contributed by atoms with Crippen LogP contribution in [0.1, 0.15) is 5.56 Å². The topological polar surface area (TPSA) is 138 Å². The zero-order valence-corrected chi connectivity index (χ0v) is 16.7. The van der Waals surface area contributed by atoms with Gasteiger partial charge in [0.25, 0.3) is 0 Å². The smallest absolute Gasteiger partial charge is 0.183 e. The Morgan fingerprint density at radius 3 is 2.61 bits per heavy atom. The summed E-state index contributed by atoms with van der Waals surface area (Å²) in [5.74, 6) is 0.702. The van der Waals surface area contributed by atoms with Crippen LogP contribution in [0.3, 0.4) is 0 Å². The van der Waals surface area contributed by atoms with E-state index in [4.69, 9.17) is 17.3 Å². The number of anilines is 3. The maximum Gasteiger partial charge on any atom is 0.183 e. The lowest BCUT2D eigenvalue weighted by Crippen LogP contribution is -2.03. The molecular weight excluding hydrogens is 414 g/mol. The van der Waals surface area contributed by atoms with Crippen molar-refractivity contribution in [1.82, 2.24) is 19.9 Å². The van der Waals surface area contributed by atoms with Gasteiger partial charge in [-0.15, -0.1) is 10.2 Å². The van der Waals surface area contributed by atoms with E-state index in [0.29, 0.717) is 22.2 Å². The van der Waals surface area contributed by atoms with Crippen LogP contribution in [-0.2, 0) is 0 Å². The number of rotatable bonds is 5. The van der Waals surface area contributed by atoms with E-state index in [0.717, 1.165) is 5.69 Å². The van der Waals surface area contributed by atoms with Crippen LogP contribution < -0.4 is 11.1 Å². The molecule has 9 nitrogen and oxygen atoms in total. The third-order valence-corrected chi connectivity index (χ3v) is 4.31. The quantitative estimate of drug-likeness (QED) is 0.417. The van der Waals surface area contributed by atoms with Gasteiger partial charge in [0.1, 0.15) is 17.5 Å². The first-order valence-electron chi connectivity index (χ1n) is 9.01. The van der Waals surface area contributed by atoms with Crippen LogP contribution in [-0.4, -0.2) is 19.9 Å². The maximum absolute atomic E-state index is 9.32. The summed E-state index contributed by atoms with van der Waals surface area (Å²) in [5.41, 5.74) is 8.26. The summed E-state index contributed by atoms with van der Waals surface area (Å²) in [6, 6.07) is 16.2. The highest BCUT2D eigenvalue weighted by Gasteiger charge is 2.15. The Labute approximate surface area is 182 Å². The molecule has 0 atom stereocenters. The summed E-state index contributed by atoms with van der Waals surface area (Å²) in [6.07, 6.45) is 4.63. The number of nitrogens with zero attached hydrogens (tertiary/aromatic N) is 7. The summed E-state index contributed by atoms with van der Waals surface area (Å²) >= 11 is 5.94. The third kappa shape index (κ3) is 4.60. The molecule has 0 aliphatic heterocycles. The van der Waals surface area contributed by atoms with Gasteiger partial charge in [-0.05, 0) is 30.3 Å². The summed E-state index contributed by atoms with van der Waals surface area (Å²) in [6.45, 7) is 0. The Kier molecular flexibility index (Phi) is 5.73. The van der Waals surface area contributed by atoms with E-state index in [9.17, 15) is 5.26 Å². The minimum atomic E-state index is 0.0882. The second-order valence-corrected chi connectivity index (χ2v) is 6.62. The van der Waals surface area contributed by atoms with E-state index in [1.165, 1.54) is 18.5 Å². The summed E-state index contributed by atoms with van der Waals surface area (Å²) in [5, 5.41) is 21.3. The largest absolute Gasteiger partial charge is 0.382 e. The summed E-state index contributed by atoms with van der Waals surface area (Å²) < 4.78 is 0. The van der Waals surface area contributed by atoms with Crippen LogP contribution in [0.15, 0.2) is 77.3 Å². The van der Waals surface area contributed by atoms with E-state index >= 15 is 0 Å². The Hall–Kier alpha value is -4.42. The number of nitriles is 1. The van der Waals surface area contributed by atoms with Gasteiger partial charge in [0.2, 0.25) is 0 Å². The molecule has 31 heavy (non-hydrogen) atoms. The number of halogens is 1. The lowest BCUT2D eigenvalue weighted by Gasteiger charge is -2.11. The van der Waals surface area contributed by atoms with Gasteiger partial charge in [0, 0.05) is 23.1 Å². The molecule has 0 aliphatic carbocycles. The second kappa shape index (κ2) is 8.94. The van der Waals surface area contributed by atoms with Gasteiger partial charge in [-0.3, -0.25) is 4.98 Å². The number of nitrogen functional groups attached to an aromatic ring is 1. The van der Waals surface area contributed by atoms with Crippen LogP contribution >= 0.6 is 11.6 Å². The normalized spacial score (nSPS) is 10.7. The number of nitrogens with one attached hydrogen (secondary N) is 1. The molecule has 0 fully saturated rings. The molecule has 2 aromatic carbocycles. The van der Waals surface area contributed by atoms with E-state index in [2.05, 4.69) is 35.5 Å². The lowest BCUT2D eigenvalue weighted by molar-refractivity contribution is 1.10. The SMILES string of the molecule is N#Cc1cc(Cl)ccc1N=Nc1c(N)nc(-c2cnccn2)nc1Nc1ccccc1. The predicted molar refractivity (Wildman–Crippen MR) is 118 cm³/mol. The summed E-state index contributed by atoms with van der Waals surface area (Å²) in [7, 11) is 0. The van der Waals surface area contributed by atoms with Crippen LogP contribution in [0.4, 0.5) is 28.7 Å². The van der Waals surface area contributed by atoms with Gasteiger partial charge in [0.15, 0.2) is 23.1 Å². The van der Waals surface area contributed by atoms with Crippen molar-refractivity contribution < 1.29 is 0 Å². The highest BCUT2D eigenvalue weighted by molar-refractivity contribution is 6.30. The number of aromatic nitrogens is 4. The molecule has 10 heteroatoms. The van der Waals surface area contributed by atoms with Crippen molar-refractivity contribution in [1.29, 1.82) is 5.26 Å². The van der Waals surface area contributed by atoms with Crippen LogP contribution in [0.25, 0.3) is 11.5 Å². The fraction of sp³-hybridized carbons (Fsp3) is 0. The number of nitrogens with two attached hydrogens (primary N) is 1. The molecule has 0 aliphatic rings. The molecule has 2 heterocycles. The van der Waals surface area contributed by atoms with E-state index in [-0.39, 0.29) is 22.9 Å². The molecule has 0 bridgehead atoms. The van der Waals surface area contributed by atoms with Gasteiger partial charge in [-0.25, -0.2) is 15.0 Å². The van der Waals surface area contributed by atoms with Gasteiger partial charge in [0.05, 0.1) is 11.8 Å². The van der Waals surface area contributed by atoms with Crippen molar-refractivity contribution in [2.24, 2.45) is 10.2 Å². The molecule has 0 unspecified atom stereocenters. The van der Waals surface area contributed by atoms with Crippen molar-refractivity contribution in [3.05, 3.63) is 77.7 Å². The number of azo groups is 1. The Balaban J connectivity index is 1.80. The maximum atomic E-state index is 9.32. The number of hydrogen-bond acceptors (Lipinski definition) is 9. The van der Waals surface area contributed by atoms with E-state index in [1.54, 1.807) is 18.3 Å². The minimum Gasteiger partial charge on any atom is -0.382 e. The molecule has 0 radical (unpaired) electrons. The Morgan fingerprint density at radius 1 is 1.03 bits per heavy atom. The highest BCUT2D eigenvalue weighted by atomic mass is 35.5. The molecule has 0 amide bonds. The lowest BCUT2D eigenvalue weighted by atomic mass is 10.2. The summed E-state index contributed by atoms with van der Waals surface area (Å²) in [4.78, 5) is 17.1. The molecule has 3 N–H and O–H groups in total. The average Bonchev–Trinajstić information content (AvgIpc) is 2.80. The Bertz CT molecular complexity index is 1290. The second-order valence-electron chi connectivity index (χ2n) is 6.18. The molecule has 0 spiro atoms. The standard InChI is InChI=1S/C21H14ClN9/c22-14-6-7-16(13(10-14)11-23)30-31-18-19(24)28-20(17-12-25-8-9-26-17)29-21(18)27-15-4-2-1-3-5-15/h1-10,12H,(H3,24,27,28,29). The number of para-hydroxylation sites is 1. The number of hydrogen-bond donors (Lipinski definition) is 2. The van der Waals surface area contributed by atoms with Crippen molar-refractivity contribution >= 4 is 40.3 Å². The molecule has 0 saturated carbocycles. The van der Waals surface area contributed by atoms with Gasteiger partial charge in [-0.1, -0.05) is 29.8 Å². The van der Waals surface area contributed by atoms with Gasteiger partial charge >= 0.3 is 0 Å². The zero-order chi connectivity index (χ0) is 21.6. The number of benzene rings is 2. The van der Waals surface area contributed by atoms with Crippen LogP contribution in [0.5, 0.6) is 0 Å². The van der Waals surface area contributed by atoms with E-state index in [1.807, 2.05) is 36.4 Å². The van der Waals surface area contributed by atoms with Crippen molar-refractivity contribution in [3.63, 3.8) is 0 Å². The molecule has 150 valence electrons. The van der Waals surface area contributed by atoms with Crippen LogP contribution in [0, 0.1) is 11.3 Å². The molecule has 4 aromatic rings. The van der Waals surface area contributed by atoms with Crippen molar-refractivity contribution in [3.8, 4) is 17.6 Å². The van der Waals surface area contributed by atoms with Gasteiger partial charge < -0.3 is 11.1 Å². The average molecular weight is 428 g/mol. The van der Waals surface area contributed by atoms with Crippen molar-refractivity contribution in [2.75, 3.05) is 11.1 Å². The molecular formula is C21H14ClN9. The first-order valence-corrected chi connectivity index (χ1v) is 9.39. The minimum absolute atomic E-state index is 0.0882. The fourth-order valence-electron chi connectivity index (χ4n) is 2.63. The molecule has 4 rings (SSSR count). The molecule has 2 aromatic heterocycles. The van der Waals surface area contributed by atoms with Crippen LogP contribution in [0.2, 0.25) is 5.02 Å². The first kappa shape index (κ1) is 19.9. The van der Waals surface area contributed by atoms with E-state index < -0.39 is 0 Å². The van der Waals surface area contributed by atoms with Gasteiger partial charge in [-0.2, -0.15) is 5.26 Å². The van der Waals surface area contributed by atoms with Crippen molar-refractivity contribution in [2.45, 2.75) is 0 Å².